The molecule has 0 unspecified atom stereocenters. The van der Waals surface area contributed by atoms with E-state index < -0.39 is 18.0 Å². The van der Waals surface area contributed by atoms with Crippen LogP contribution in [0.4, 0.5) is 20.6 Å². The molecule has 1 saturated heterocycles. The summed E-state index contributed by atoms with van der Waals surface area (Å²) in [5.41, 5.74) is 2.96. The SMILES string of the molecule is CC(=O)NC[C@H]1CN(c2ccc(N3CC=C(c4oncc4C)CC3)c(F)c2)C(=O)O1. The Hall–Kier alpha value is -3.36. The summed E-state index contributed by atoms with van der Waals surface area (Å²) in [7, 11) is 0. The fraction of sp³-hybridized carbons (Fsp3) is 0.381. The number of carbonyl (C=O) groups excluding carboxylic acids is 2. The minimum Gasteiger partial charge on any atom is -0.442 e. The molecule has 1 aromatic carbocycles. The first-order valence-corrected chi connectivity index (χ1v) is 9.80. The van der Waals surface area contributed by atoms with Crippen molar-refractivity contribution in [3.8, 4) is 0 Å². The molecular formula is C21H23FN4O4. The van der Waals surface area contributed by atoms with Gasteiger partial charge in [-0.3, -0.25) is 9.69 Å². The van der Waals surface area contributed by atoms with E-state index in [1.807, 2.05) is 17.9 Å². The van der Waals surface area contributed by atoms with E-state index in [4.69, 9.17) is 9.26 Å². The summed E-state index contributed by atoms with van der Waals surface area (Å²) < 4.78 is 25.4. The zero-order chi connectivity index (χ0) is 21.3. The molecule has 2 aliphatic rings. The summed E-state index contributed by atoms with van der Waals surface area (Å²) in [6.45, 7) is 5.02. The fourth-order valence-electron chi connectivity index (χ4n) is 3.71. The Morgan fingerprint density at radius 3 is 2.87 bits per heavy atom. The second-order valence-corrected chi connectivity index (χ2v) is 7.45. The van der Waals surface area contributed by atoms with E-state index in [1.54, 1.807) is 18.3 Å². The monoisotopic (exact) mass is 414 g/mol. The molecule has 1 fully saturated rings. The summed E-state index contributed by atoms with van der Waals surface area (Å²) in [4.78, 5) is 26.5. The lowest BCUT2D eigenvalue weighted by molar-refractivity contribution is -0.119. The van der Waals surface area contributed by atoms with Crippen molar-refractivity contribution >= 4 is 28.9 Å². The lowest BCUT2D eigenvalue weighted by atomic mass is 10.0. The van der Waals surface area contributed by atoms with Gasteiger partial charge in [0.05, 0.1) is 30.7 Å². The molecule has 0 spiro atoms. The molecule has 0 saturated carbocycles. The van der Waals surface area contributed by atoms with E-state index in [0.717, 1.165) is 23.3 Å². The number of hydrogen-bond acceptors (Lipinski definition) is 6. The Kier molecular flexibility index (Phi) is 5.43. The van der Waals surface area contributed by atoms with Gasteiger partial charge in [-0.05, 0) is 37.1 Å². The third-order valence-electron chi connectivity index (χ3n) is 5.29. The number of halogens is 1. The van der Waals surface area contributed by atoms with Gasteiger partial charge in [-0.2, -0.15) is 0 Å². The van der Waals surface area contributed by atoms with E-state index in [-0.39, 0.29) is 19.0 Å². The van der Waals surface area contributed by atoms with E-state index in [0.29, 0.717) is 24.5 Å². The normalized spacial score (nSPS) is 19.0. The Morgan fingerprint density at radius 1 is 1.40 bits per heavy atom. The van der Waals surface area contributed by atoms with Crippen molar-refractivity contribution in [3.63, 3.8) is 0 Å². The number of rotatable bonds is 5. The molecule has 1 atom stereocenters. The minimum atomic E-state index is -0.550. The molecule has 8 nitrogen and oxygen atoms in total. The van der Waals surface area contributed by atoms with Crippen LogP contribution in [-0.2, 0) is 9.53 Å². The first-order valence-electron chi connectivity index (χ1n) is 9.80. The van der Waals surface area contributed by atoms with Crippen LogP contribution < -0.4 is 15.1 Å². The van der Waals surface area contributed by atoms with Crippen LogP contribution in [-0.4, -0.2) is 49.4 Å². The highest BCUT2D eigenvalue weighted by Gasteiger charge is 2.33. The predicted octanol–water partition coefficient (Wildman–Crippen LogP) is 2.88. The Bertz CT molecular complexity index is 1000. The third kappa shape index (κ3) is 4.00. The molecular weight excluding hydrogens is 391 g/mol. The Labute approximate surface area is 173 Å². The highest BCUT2D eigenvalue weighted by Crippen LogP contribution is 2.31. The van der Waals surface area contributed by atoms with Crippen molar-refractivity contribution in [3.05, 3.63) is 47.6 Å². The number of nitrogens with zero attached hydrogens (tertiary/aromatic N) is 3. The van der Waals surface area contributed by atoms with E-state index in [9.17, 15) is 14.0 Å². The summed E-state index contributed by atoms with van der Waals surface area (Å²) >= 11 is 0. The highest BCUT2D eigenvalue weighted by molar-refractivity contribution is 5.90. The van der Waals surface area contributed by atoms with Gasteiger partial charge in [0.25, 0.3) is 0 Å². The van der Waals surface area contributed by atoms with Crippen LogP contribution in [0.3, 0.4) is 0 Å². The number of aryl methyl sites for hydroxylation is 1. The zero-order valence-electron chi connectivity index (χ0n) is 16.9. The van der Waals surface area contributed by atoms with Gasteiger partial charge in [0.15, 0.2) is 5.76 Å². The largest absolute Gasteiger partial charge is 0.442 e. The molecule has 158 valence electrons. The topological polar surface area (TPSA) is 87.9 Å². The number of nitrogens with one attached hydrogen (secondary N) is 1. The quantitative estimate of drug-likeness (QED) is 0.810. The maximum absolute atomic E-state index is 14.9. The molecule has 1 N–H and O–H groups in total. The lowest BCUT2D eigenvalue weighted by Gasteiger charge is -2.28. The molecule has 30 heavy (non-hydrogen) atoms. The smallest absolute Gasteiger partial charge is 0.414 e. The maximum atomic E-state index is 14.9. The lowest BCUT2D eigenvalue weighted by Crippen LogP contribution is -2.33. The van der Waals surface area contributed by atoms with Crippen molar-refractivity contribution in [1.29, 1.82) is 0 Å². The Morgan fingerprint density at radius 2 is 2.23 bits per heavy atom. The molecule has 1 aromatic heterocycles. The number of carbonyl (C=O) groups is 2. The van der Waals surface area contributed by atoms with Gasteiger partial charge >= 0.3 is 6.09 Å². The molecule has 3 heterocycles. The predicted molar refractivity (Wildman–Crippen MR) is 109 cm³/mol. The van der Waals surface area contributed by atoms with Gasteiger partial charge in [-0.15, -0.1) is 0 Å². The van der Waals surface area contributed by atoms with E-state index in [2.05, 4.69) is 10.5 Å². The van der Waals surface area contributed by atoms with E-state index in [1.165, 1.54) is 17.9 Å². The van der Waals surface area contributed by atoms with Gasteiger partial charge in [0.1, 0.15) is 11.9 Å². The van der Waals surface area contributed by atoms with Crippen molar-refractivity contribution < 1.29 is 23.2 Å². The second kappa shape index (κ2) is 8.17. The molecule has 2 aromatic rings. The number of aromatic nitrogens is 1. The van der Waals surface area contributed by atoms with Gasteiger partial charge in [-0.1, -0.05) is 11.2 Å². The van der Waals surface area contributed by atoms with Crippen molar-refractivity contribution in [2.75, 3.05) is 36.0 Å². The van der Waals surface area contributed by atoms with Crippen LogP contribution in [0.1, 0.15) is 24.7 Å². The number of ether oxygens (including phenoxy) is 1. The average Bonchev–Trinajstić information content (AvgIpc) is 3.32. The fourth-order valence-corrected chi connectivity index (χ4v) is 3.71. The summed E-state index contributed by atoms with van der Waals surface area (Å²) in [5.74, 6) is 0.183. The molecule has 0 bridgehead atoms. The van der Waals surface area contributed by atoms with Crippen LogP contribution in [0.2, 0.25) is 0 Å². The minimum absolute atomic E-state index is 0.197. The first kappa shape index (κ1) is 19.9. The molecule has 2 amide bonds. The number of hydrogen-bond donors (Lipinski definition) is 1. The second-order valence-electron chi connectivity index (χ2n) is 7.45. The average molecular weight is 414 g/mol. The van der Waals surface area contributed by atoms with Crippen molar-refractivity contribution in [2.45, 2.75) is 26.4 Å². The molecule has 4 rings (SSSR count). The van der Waals surface area contributed by atoms with Crippen LogP contribution in [0.5, 0.6) is 0 Å². The summed E-state index contributed by atoms with van der Waals surface area (Å²) in [6, 6.07) is 4.73. The van der Waals surface area contributed by atoms with Crippen LogP contribution in [0.25, 0.3) is 5.57 Å². The van der Waals surface area contributed by atoms with Gasteiger partial charge in [0.2, 0.25) is 5.91 Å². The summed E-state index contributed by atoms with van der Waals surface area (Å²) in [6.07, 6.45) is 3.42. The Balaban J connectivity index is 1.44. The van der Waals surface area contributed by atoms with Crippen LogP contribution in [0.15, 0.2) is 35.0 Å². The van der Waals surface area contributed by atoms with Crippen LogP contribution >= 0.6 is 0 Å². The number of anilines is 2. The molecule has 2 aliphatic heterocycles. The van der Waals surface area contributed by atoms with Gasteiger partial charge in [0, 0.05) is 25.6 Å². The van der Waals surface area contributed by atoms with Crippen LogP contribution in [0, 0.1) is 12.7 Å². The molecule has 0 aliphatic carbocycles. The number of benzene rings is 1. The number of cyclic esters (lactones) is 1. The first-order chi connectivity index (χ1) is 14.4. The van der Waals surface area contributed by atoms with Crippen molar-refractivity contribution in [2.24, 2.45) is 0 Å². The zero-order valence-corrected chi connectivity index (χ0v) is 16.9. The van der Waals surface area contributed by atoms with Gasteiger partial charge in [-0.25, -0.2) is 9.18 Å². The number of amides is 2. The third-order valence-corrected chi connectivity index (χ3v) is 5.29. The van der Waals surface area contributed by atoms with E-state index >= 15 is 0 Å². The van der Waals surface area contributed by atoms with Gasteiger partial charge < -0.3 is 19.5 Å². The standard InChI is InChI=1S/C21H23FN4O4/c1-13-10-24-30-20(13)15-5-7-25(8-6-15)19-4-3-16(9-18(19)22)26-12-17(29-21(26)28)11-23-14(2)27/h3-5,9-10,17H,6-8,11-12H2,1-2H3,(H,23,27)/t17-/m0/s1. The molecule has 0 radical (unpaired) electrons. The maximum Gasteiger partial charge on any atom is 0.414 e. The van der Waals surface area contributed by atoms with Crippen molar-refractivity contribution in [1.82, 2.24) is 10.5 Å². The summed E-state index contributed by atoms with van der Waals surface area (Å²) in [5, 5.41) is 6.44. The molecule has 9 heteroatoms. The highest BCUT2D eigenvalue weighted by atomic mass is 19.1.